The maximum Gasteiger partial charge on any atom is 0.339 e. The van der Waals surface area contributed by atoms with Gasteiger partial charge in [-0.3, -0.25) is 4.79 Å². The first-order valence-corrected chi connectivity index (χ1v) is 6.00. The van der Waals surface area contributed by atoms with E-state index in [-0.39, 0.29) is 5.78 Å². The van der Waals surface area contributed by atoms with Crippen LogP contribution in [0.3, 0.4) is 0 Å². The highest BCUT2D eigenvalue weighted by Gasteiger charge is 2.16. The summed E-state index contributed by atoms with van der Waals surface area (Å²) in [6.07, 6.45) is 0. The molecule has 0 bridgehead atoms. The number of Topliss-reactive ketones (excluding diaryl/α,β-unsaturated/α-hetero) is 1. The van der Waals surface area contributed by atoms with Gasteiger partial charge in [0.15, 0.2) is 5.78 Å². The highest BCUT2D eigenvalue weighted by molar-refractivity contribution is 7.80. The number of benzene rings is 1. The van der Waals surface area contributed by atoms with E-state index in [9.17, 15) is 9.59 Å². The molecule has 92 valence electrons. The summed E-state index contributed by atoms with van der Waals surface area (Å²) >= 11 is 10.1. The lowest BCUT2D eigenvalue weighted by Crippen LogP contribution is -2.07. The molecule has 1 aromatic rings. The number of hydrogen-bond acceptors (Lipinski definition) is 4. The molecule has 3 nitrogen and oxygen atoms in total. The molecule has 1 rings (SSSR count). The highest BCUT2D eigenvalue weighted by atomic mass is 35.5. The molecule has 5 heteroatoms. The normalized spacial score (nSPS) is 12.0. The summed E-state index contributed by atoms with van der Waals surface area (Å²) in [5.74, 6) is -0.582. The van der Waals surface area contributed by atoms with Crippen LogP contribution < -0.4 is 0 Å². The molecule has 0 aliphatic rings. The minimum absolute atomic E-state index is 0.150. The van der Waals surface area contributed by atoms with Crippen LogP contribution in [0.15, 0.2) is 23.1 Å². The summed E-state index contributed by atoms with van der Waals surface area (Å²) in [4.78, 5) is 23.1. The predicted molar refractivity (Wildman–Crippen MR) is 68.9 cm³/mol. The molecule has 0 N–H and O–H groups in total. The Balaban J connectivity index is 3.01. The van der Waals surface area contributed by atoms with Gasteiger partial charge in [0.2, 0.25) is 0 Å². The van der Waals surface area contributed by atoms with Gasteiger partial charge in [-0.1, -0.05) is 6.07 Å². The number of alkyl halides is 1. The maximum absolute atomic E-state index is 11.5. The molecule has 0 aliphatic heterocycles. The number of hydrogen-bond donors (Lipinski definition) is 1. The highest BCUT2D eigenvalue weighted by Crippen LogP contribution is 2.26. The Morgan fingerprint density at radius 3 is 2.59 bits per heavy atom. The van der Waals surface area contributed by atoms with Crippen molar-refractivity contribution in [2.75, 3.05) is 6.61 Å². The number of thiol groups is 1. The van der Waals surface area contributed by atoms with Crippen molar-refractivity contribution in [1.82, 2.24) is 0 Å². The van der Waals surface area contributed by atoms with Crippen molar-refractivity contribution >= 4 is 36.0 Å². The maximum atomic E-state index is 11.5. The van der Waals surface area contributed by atoms with Crippen LogP contribution in [0.2, 0.25) is 0 Å². The molecule has 1 atom stereocenters. The second-order valence-electron chi connectivity index (χ2n) is 3.47. The van der Waals surface area contributed by atoms with Crippen LogP contribution in [0.5, 0.6) is 0 Å². The zero-order valence-corrected chi connectivity index (χ0v) is 11.2. The third-order valence-corrected chi connectivity index (χ3v) is 3.10. The SMILES string of the molecule is CCOC(=O)c1ccc(C(Cl)C(C)=O)cc1S. The van der Waals surface area contributed by atoms with Crippen molar-refractivity contribution in [2.24, 2.45) is 0 Å². The number of ketones is 1. The van der Waals surface area contributed by atoms with Crippen molar-refractivity contribution in [3.8, 4) is 0 Å². The Labute approximate surface area is 111 Å². The number of ether oxygens (including phenoxy) is 1. The fourth-order valence-electron chi connectivity index (χ4n) is 1.32. The van der Waals surface area contributed by atoms with Crippen LogP contribution in [-0.2, 0) is 9.53 Å². The Bertz CT molecular complexity index is 445. The summed E-state index contributed by atoms with van der Waals surface area (Å²) in [5.41, 5.74) is 0.989. The summed E-state index contributed by atoms with van der Waals surface area (Å²) in [5, 5.41) is -0.711. The summed E-state index contributed by atoms with van der Waals surface area (Å²) in [6, 6.07) is 4.80. The molecule has 0 aromatic heterocycles. The summed E-state index contributed by atoms with van der Waals surface area (Å²) in [7, 11) is 0. The smallest absolute Gasteiger partial charge is 0.339 e. The third kappa shape index (κ3) is 3.48. The van der Waals surface area contributed by atoms with Crippen LogP contribution in [0, 0.1) is 0 Å². The summed E-state index contributed by atoms with van der Waals surface area (Å²) < 4.78 is 4.87. The second-order valence-corrected chi connectivity index (χ2v) is 4.39. The van der Waals surface area contributed by atoms with E-state index < -0.39 is 11.3 Å². The van der Waals surface area contributed by atoms with Gasteiger partial charge in [0.05, 0.1) is 12.2 Å². The van der Waals surface area contributed by atoms with E-state index >= 15 is 0 Å². The standard InChI is InChI=1S/C12H13ClO3S/c1-3-16-12(15)9-5-4-8(6-10(9)17)11(13)7(2)14/h4-6,11,17H,3H2,1-2H3. The topological polar surface area (TPSA) is 43.4 Å². The largest absolute Gasteiger partial charge is 0.462 e. The lowest BCUT2D eigenvalue weighted by Gasteiger charge is -2.09. The van der Waals surface area contributed by atoms with E-state index in [1.54, 1.807) is 25.1 Å². The number of halogens is 1. The number of carbonyl (C=O) groups excluding carboxylic acids is 2. The first kappa shape index (κ1) is 14.1. The molecule has 1 unspecified atom stereocenters. The van der Waals surface area contributed by atoms with Gasteiger partial charge in [-0.15, -0.1) is 24.2 Å². The van der Waals surface area contributed by atoms with Gasteiger partial charge >= 0.3 is 5.97 Å². The average molecular weight is 273 g/mol. The molecule has 0 saturated carbocycles. The fraction of sp³-hybridized carbons (Fsp3) is 0.333. The first-order valence-electron chi connectivity index (χ1n) is 5.12. The Morgan fingerprint density at radius 2 is 2.12 bits per heavy atom. The van der Waals surface area contributed by atoms with Gasteiger partial charge < -0.3 is 4.74 Å². The zero-order valence-electron chi connectivity index (χ0n) is 9.57. The van der Waals surface area contributed by atoms with Gasteiger partial charge in [-0.05, 0) is 31.5 Å². The van der Waals surface area contributed by atoms with Gasteiger partial charge in [-0.2, -0.15) is 0 Å². The molecule has 0 saturated heterocycles. The van der Waals surface area contributed by atoms with Gasteiger partial charge in [-0.25, -0.2) is 4.79 Å². The third-order valence-electron chi connectivity index (χ3n) is 2.17. The molecule has 0 amide bonds. The van der Waals surface area contributed by atoms with Crippen molar-refractivity contribution in [2.45, 2.75) is 24.1 Å². The lowest BCUT2D eigenvalue weighted by molar-refractivity contribution is -0.116. The van der Waals surface area contributed by atoms with Crippen molar-refractivity contribution in [1.29, 1.82) is 0 Å². The van der Waals surface area contributed by atoms with E-state index in [0.717, 1.165) is 0 Å². The van der Waals surface area contributed by atoms with Crippen molar-refractivity contribution in [3.05, 3.63) is 29.3 Å². The number of esters is 1. The van der Waals surface area contributed by atoms with E-state index in [1.807, 2.05) is 0 Å². The van der Waals surface area contributed by atoms with Crippen LogP contribution in [0.1, 0.15) is 35.1 Å². The van der Waals surface area contributed by atoms with Crippen LogP contribution in [0.25, 0.3) is 0 Å². The van der Waals surface area contributed by atoms with E-state index in [1.165, 1.54) is 6.92 Å². The molecular formula is C12H13ClO3S. The molecule has 17 heavy (non-hydrogen) atoms. The zero-order chi connectivity index (χ0) is 13.0. The molecule has 0 radical (unpaired) electrons. The monoisotopic (exact) mass is 272 g/mol. The fourth-order valence-corrected chi connectivity index (χ4v) is 1.77. The van der Waals surface area contributed by atoms with E-state index in [0.29, 0.717) is 22.6 Å². The molecular weight excluding hydrogens is 260 g/mol. The van der Waals surface area contributed by atoms with Crippen LogP contribution >= 0.6 is 24.2 Å². The minimum atomic E-state index is -0.711. The molecule has 0 fully saturated rings. The predicted octanol–water partition coefficient (Wildman–Crippen LogP) is 3.02. The summed E-state index contributed by atoms with van der Waals surface area (Å²) in [6.45, 7) is 3.45. The quantitative estimate of drug-likeness (QED) is 0.520. The van der Waals surface area contributed by atoms with Crippen LogP contribution in [0.4, 0.5) is 0 Å². The number of carbonyl (C=O) groups is 2. The molecule has 0 spiro atoms. The second kappa shape index (κ2) is 6.07. The van der Waals surface area contributed by atoms with Crippen molar-refractivity contribution < 1.29 is 14.3 Å². The average Bonchev–Trinajstić information content (AvgIpc) is 2.27. The van der Waals surface area contributed by atoms with Crippen molar-refractivity contribution in [3.63, 3.8) is 0 Å². The Morgan fingerprint density at radius 1 is 1.47 bits per heavy atom. The Hall–Kier alpha value is -1.00. The minimum Gasteiger partial charge on any atom is -0.462 e. The lowest BCUT2D eigenvalue weighted by atomic mass is 10.1. The molecule has 1 aromatic carbocycles. The van der Waals surface area contributed by atoms with E-state index in [2.05, 4.69) is 12.6 Å². The molecule has 0 aliphatic carbocycles. The molecule has 0 heterocycles. The van der Waals surface area contributed by atoms with Crippen LogP contribution in [-0.4, -0.2) is 18.4 Å². The van der Waals surface area contributed by atoms with Gasteiger partial charge in [0, 0.05) is 4.90 Å². The van der Waals surface area contributed by atoms with Gasteiger partial charge in [0.1, 0.15) is 5.38 Å². The Kier molecular flexibility index (Phi) is 5.02. The number of rotatable bonds is 4. The van der Waals surface area contributed by atoms with Gasteiger partial charge in [0.25, 0.3) is 0 Å². The first-order chi connectivity index (χ1) is 7.97. The van der Waals surface area contributed by atoms with E-state index in [4.69, 9.17) is 16.3 Å².